The van der Waals surface area contributed by atoms with Crippen LogP contribution < -0.4 is 20.1 Å². The number of benzene rings is 1. The summed E-state index contributed by atoms with van der Waals surface area (Å²) in [5.74, 6) is 1.37. The van der Waals surface area contributed by atoms with E-state index in [2.05, 4.69) is 10.6 Å². The van der Waals surface area contributed by atoms with E-state index in [0.717, 1.165) is 0 Å². The first kappa shape index (κ1) is 13.5. The van der Waals surface area contributed by atoms with E-state index in [1.54, 1.807) is 32.4 Å². The van der Waals surface area contributed by atoms with Crippen LogP contribution in [0.3, 0.4) is 0 Å². The second-order valence-corrected chi connectivity index (χ2v) is 3.58. The van der Waals surface area contributed by atoms with Crippen molar-refractivity contribution in [3.8, 4) is 11.5 Å². The van der Waals surface area contributed by atoms with E-state index >= 15 is 0 Å². The minimum absolute atomic E-state index is 0.0249. The highest BCUT2D eigenvalue weighted by Crippen LogP contribution is 2.28. The molecule has 0 unspecified atom stereocenters. The lowest BCUT2D eigenvalue weighted by molar-refractivity contribution is 0.300. The van der Waals surface area contributed by atoms with Gasteiger partial charge in [0.1, 0.15) is 11.5 Å². The fraction of sp³-hybridized carbons (Fsp3) is 0.364. The summed E-state index contributed by atoms with van der Waals surface area (Å²) in [6, 6.07) is 5.37. The normalized spacial score (nSPS) is 9.59. The lowest BCUT2D eigenvalue weighted by atomic mass is 10.2. The summed E-state index contributed by atoms with van der Waals surface area (Å²) in [6.07, 6.45) is 0. The molecule has 0 spiro atoms. The number of anilines is 1. The molecule has 0 aromatic heterocycles. The van der Waals surface area contributed by atoms with Crippen LogP contribution in [0.5, 0.6) is 11.5 Å². The average Bonchev–Trinajstić information content (AvgIpc) is 2.36. The maximum Gasteiger partial charge on any atom is 0.170 e. The van der Waals surface area contributed by atoms with Gasteiger partial charge in [-0.25, -0.2) is 0 Å². The summed E-state index contributed by atoms with van der Waals surface area (Å²) in [7, 11) is 3.17. The SMILES string of the molecule is COc1ccc(OC)c(NC(=S)NCCO)c1. The minimum Gasteiger partial charge on any atom is -0.497 e. The Morgan fingerprint density at radius 2 is 2.12 bits per heavy atom. The molecule has 1 aromatic carbocycles. The number of nitrogens with one attached hydrogen (secondary N) is 2. The monoisotopic (exact) mass is 256 g/mol. The van der Waals surface area contributed by atoms with Crippen molar-refractivity contribution >= 4 is 23.0 Å². The zero-order valence-corrected chi connectivity index (χ0v) is 10.6. The topological polar surface area (TPSA) is 62.8 Å². The molecule has 0 radical (unpaired) electrons. The fourth-order valence-electron chi connectivity index (χ4n) is 1.25. The Morgan fingerprint density at radius 3 is 2.71 bits per heavy atom. The van der Waals surface area contributed by atoms with Gasteiger partial charge in [0.15, 0.2) is 5.11 Å². The summed E-state index contributed by atoms with van der Waals surface area (Å²) in [5.41, 5.74) is 0.710. The van der Waals surface area contributed by atoms with Gasteiger partial charge < -0.3 is 25.2 Å². The Hall–Kier alpha value is -1.53. The molecule has 0 saturated heterocycles. The number of hydrogen-bond acceptors (Lipinski definition) is 4. The van der Waals surface area contributed by atoms with Crippen LogP contribution in [0.1, 0.15) is 0 Å². The maximum atomic E-state index is 8.67. The molecule has 5 nitrogen and oxygen atoms in total. The molecule has 3 N–H and O–H groups in total. The summed E-state index contributed by atoms with van der Waals surface area (Å²) in [4.78, 5) is 0. The van der Waals surface area contributed by atoms with Gasteiger partial charge in [0, 0.05) is 12.6 Å². The minimum atomic E-state index is 0.0249. The van der Waals surface area contributed by atoms with Crippen molar-refractivity contribution in [1.29, 1.82) is 0 Å². The lowest BCUT2D eigenvalue weighted by Gasteiger charge is -2.13. The molecule has 1 rings (SSSR count). The summed E-state index contributed by atoms with van der Waals surface area (Å²) in [5, 5.41) is 14.9. The van der Waals surface area contributed by atoms with E-state index in [0.29, 0.717) is 28.8 Å². The molecule has 0 aliphatic rings. The van der Waals surface area contributed by atoms with Crippen molar-refractivity contribution in [3.05, 3.63) is 18.2 Å². The van der Waals surface area contributed by atoms with Crippen LogP contribution in [-0.2, 0) is 0 Å². The van der Waals surface area contributed by atoms with Crippen molar-refractivity contribution in [2.24, 2.45) is 0 Å². The highest BCUT2D eigenvalue weighted by atomic mass is 32.1. The van der Waals surface area contributed by atoms with Crippen molar-refractivity contribution in [2.75, 3.05) is 32.7 Å². The zero-order valence-electron chi connectivity index (χ0n) is 9.82. The molecule has 17 heavy (non-hydrogen) atoms. The Balaban J connectivity index is 2.76. The van der Waals surface area contributed by atoms with Crippen LogP contribution in [-0.4, -0.2) is 37.6 Å². The van der Waals surface area contributed by atoms with E-state index in [1.165, 1.54) is 0 Å². The Bertz CT molecular complexity index is 385. The predicted octanol–water partition coefficient (Wildman–Crippen LogP) is 0.982. The molecule has 1 aromatic rings. The van der Waals surface area contributed by atoms with Crippen molar-refractivity contribution in [3.63, 3.8) is 0 Å². The van der Waals surface area contributed by atoms with Crippen LogP contribution in [0.4, 0.5) is 5.69 Å². The van der Waals surface area contributed by atoms with Crippen LogP contribution in [0.25, 0.3) is 0 Å². The van der Waals surface area contributed by atoms with Gasteiger partial charge in [-0.3, -0.25) is 0 Å². The van der Waals surface area contributed by atoms with Gasteiger partial charge in [-0.05, 0) is 24.4 Å². The molecular formula is C11H16N2O3S. The van der Waals surface area contributed by atoms with Crippen molar-refractivity contribution < 1.29 is 14.6 Å². The van der Waals surface area contributed by atoms with Crippen molar-refractivity contribution in [1.82, 2.24) is 5.32 Å². The van der Waals surface area contributed by atoms with Gasteiger partial charge in [-0.1, -0.05) is 0 Å². The predicted molar refractivity (Wildman–Crippen MR) is 70.9 cm³/mol. The van der Waals surface area contributed by atoms with E-state index in [1.807, 2.05) is 0 Å². The molecule has 0 bridgehead atoms. The quantitative estimate of drug-likeness (QED) is 0.683. The van der Waals surface area contributed by atoms with E-state index in [-0.39, 0.29) is 6.61 Å². The third-order valence-corrected chi connectivity index (χ3v) is 2.30. The smallest absolute Gasteiger partial charge is 0.170 e. The number of thiocarbonyl (C=S) groups is 1. The summed E-state index contributed by atoms with van der Waals surface area (Å²) >= 11 is 5.06. The number of ether oxygens (including phenoxy) is 2. The molecule has 0 aliphatic heterocycles. The lowest BCUT2D eigenvalue weighted by Crippen LogP contribution is -2.30. The number of methoxy groups -OCH3 is 2. The Morgan fingerprint density at radius 1 is 1.35 bits per heavy atom. The van der Waals surface area contributed by atoms with E-state index in [4.69, 9.17) is 26.8 Å². The second kappa shape index (κ2) is 6.93. The van der Waals surface area contributed by atoms with Gasteiger partial charge in [0.2, 0.25) is 0 Å². The third kappa shape index (κ3) is 4.08. The first-order valence-electron chi connectivity index (χ1n) is 5.09. The molecule has 0 heterocycles. The number of hydrogen-bond donors (Lipinski definition) is 3. The largest absolute Gasteiger partial charge is 0.497 e. The highest BCUT2D eigenvalue weighted by molar-refractivity contribution is 7.80. The van der Waals surface area contributed by atoms with Gasteiger partial charge >= 0.3 is 0 Å². The van der Waals surface area contributed by atoms with E-state index < -0.39 is 0 Å². The summed E-state index contributed by atoms with van der Waals surface area (Å²) in [6.45, 7) is 0.426. The first-order chi connectivity index (χ1) is 8.21. The molecule has 6 heteroatoms. The molecular weight excluding hydrogens is 240 g/mol. The van der Waals surface area contributed by atoms with Gasteiger partial charge in [0.25, 0.3) is 0 Å². The number of aliphatic hydroxyl groups excluding tert-OH is 1. The molecule has 0 fully saturated rings. The molecule has 0 aliphatic carbocycles. The molecule has 94 valence electrons. The zero-order chi connectivity index (χ0) is 12.7. The van der Waals surface area contributed by atoms with Crippen LogP contribution >= 0.6 is 12.2 Å². The van der Waals surface area contributed by atoms with Crippen LogP contribution in [0, 0.1) is 0 Å². The highest BCUT2D eigenvalue weighted by Gasteiger charge is 2.06. The maximum absolute atomic E-state index is 8.67. The van der Waals surface area contributed by atoms with Gasteiger partial charge in [-0.15, -0.1) is 0 Å². The van der Waals surface area contributed by atoms with Gasteiger partial charge in [0.05, 0.1) is 26.5 Å². The summed E-state index contributed by atoms with van der Waals surface area (Å²) < 4.78 is 10.3. The van der Waals surface area contributed by atoms with Crippen LogP contribution in [0.2, 0.25) is 0 Å². The Labute approximate surface area is 106 Å². The second-order valence-electron chi connectivity index (χ2n) is 3.17. The number of rotatable bonds is 5. The standard InChI is InChI=1S/C11H16N2O3S/c1-15-8-3-4-10(16-2)9(7-8)13-11(17)12-5-6-14/h3-4,7,14H,5-6H2,1-2H3,(H2,12,13,17). The number of aliphatic hydroxyl groups is 1. The van der Waals surface area contributed by atoms with E-state index in [9.17, 15) is 0 Å². The average molecular weight is 256 g/mol. The third-order valence-electron chi connectivity index (χ3n) is 2.05. The molecule has 0 amide bonds. The first-order valence-corrected chi connectivity index (χ1v) is 5.49. The van der Waals surface area contributed by atoms with Crippen molar-refractivity contribution in [2.45, 2.75) is 0 Å². The van der Waals surface area contributed by atoms with Gasteiger partial charge in [-0.2, -0.15) is 0 Å². The molecule has 0 atom stereocenters. The Kier molecular flexibility index (Phi) is 5.51. The fourth-order valence-corrected chi connectivity index (χ4v) is 1.46. The molecule has 0 saturated carbocycles. The van der Waals surface area contributed by atoms with Crippen LogP contribution in [0.15, 0.2) is 18.2 Å².